The molecule has 126 valence electrons. The van der Waals surface area contributed by atoms with Gasteiger partial charge in [0.2, 0.25) is 0 Å². The monoisotopic (exact) mass is 364 g/mol. The number of nitriles is 1. The van der Waals surface area contributed by atoms with Crippen molar-refractivity contribution < 1.29 is 14.7 Å². The van der Waals surface area contributed by atoms with E-state index in [1.807, 2.05) is 37.6 Å². The Hall–Kier alpha value is -2.05. The molecule has 1 aromatic rings. The third-order valence-corrected chi connectivity index (χ3v) is 6.50. The maximum absolute atomic E-state index is 12.4. The average Bonchev–Trinajstić information content (AvgIpc) is 3.08. The molecule has 0 spiro atoms. The van der Waals surface area contributed by atoms with Crippen molar-refractivity contribution in [3.8, 4) is 6.19 Å². The Labute approximate surface area is 147 Å². The van der Waals surface area contributed by atoms with Crippen LogP contribution in [0.1, 0.15) is 18.7 Å². The number of amides is 1. The molecule has 9 heteroatoms. The van der Waals surface area contributed by atoms with Crippen molar-refractivity contribution in [2.24, 2.45) is 4.99 Å². The lowest BCUT2D eigenvalue weighted by Crippen LogP contribution is -2.65. The quantitative estimate of drug-likeness (QED) is 0.274. The lowest BCUT2D eigenvalue weighted by atomic mass is 9.96. The molecule has 3 rings (SSSR count). The number of β-lactam (4-membered cyclic amide) rings is 1. The van der Waals surface area contributed by atoms with Crippen LogP contribution < -0.4 is 5.32 Å². The number of hydrogen-bond donors (Lipinski definition) is 2. The first-order valence-electron chi connectivity index (χ1n) is 7.32. The predicted molar refractivity (Wildman–Crippen MR) is 91.7 cm³/mol. The smallest absolute Gasteiger partial charge is 0.327 e. The summed E-state index contributed by atoms with van der Waals surface area (Å²) in [5.74, 6) is -0.872. The Balaban J connectivity index is 1.82. The number of rotatable bonds is 4. The van der Waals surface area contributed by atoms with Gasteiger partial charge in [0.15, 0.2) is 12.2 Å². The number of thiophene rings is 1. The second-order valence-electron chi connectivity index (χ2n) is 6.11. The van der Waals surface area contributed by atoms with Crippen molar-refractivity contribution in [3.63, 3.8) is 0 Å². The number of nitrogens with zero attached hydrogens (tertiary/aromatic N) is 3. The zero-order valence-corrected chi connectivity index (χ0v) is 14.7. The largest absolute Gasteiger partial charge is 0.480 e. The molecule has 0 saturated carbocycles. The second kappa shape index (κ2) is 6.11. The van der Waals surface area contributed by atoms with E-state index >= 15 is 0 Å². The fraction of sp³-hybridized carbons (Fsp3) is 0.467. The van der Waals surface area contributed by atoms with E-state index in [2.05, 4.69) is 10.3 Å². The highest BCUT2D eigenvalue weighted by molar-refractivity contribution is 8.01. The number of hydrogen-bond acceptors (Lipinski definition) is 6. The average molecular weight is 364 g/mol. The van der Waals surface area contributed by atoms with Crippen molar-refractivity contribution in [2.45, 2.75) is 42.5 Å². The fourth-order valence-electron chi connectivity index (χ4n) is 3.04. The fourth-order valence-corrected chi connectivity index (χ4v) is 5.36. The van der Waals surface area contributed by atoms with Crippen LogP contribution in [-0.2, 0) is 16.0 Å². The summed E-state index contributed by atoms with van der Waals surface area (Å²) < 4.78 is -0.576. The molecule has 3 heterocycles. The number of aliphatic carboxylic acids is 1. The van der Waals surface area contributed by atoms with Gasteiger partial charge in [-0.15, -0.1) is 23.1 Å². The number of aliphatic imine (C=N–C) groups is 1. The van der Waals surface area contributed by atoms with Gasteiger partial charge in [0, 0.05) is 16.0 Å². The Morgan fingerprint density at radius 2 is 2.33 bits per heavy atom. The molecular weight excluding hydrogens is 348 g/mol. The van der Waals surface area contributed by atoms with Gasteiger partial charge < -0.3 is 10.0 Å². The lowest BCUT2D eigenvalue weighted by Gasteiger charge is -2.41. The molecule has 0 aromatic carbocycles. The van der Waals surface area contributed by atoms with Gasteiger partial charge in [0.05, 0.1) is 0 Å². The summed E-state index contributed by atoms with van der Waals surface area (Å²) in [4.78, 5) is 30.8. The molecule has 0 radical (unpaired) electrons. The summed E-state index contributed by atoms with van der Waals surface area (Å²) in [5, 5.41) is 22.5. The molecule has 2 aliphatic heterocycles. The maximum atomic E-state index is 12.4. The van der Waals surface area contributed by atoms with E-state index in [0.29, 0.717) is 12.3 Å². The van der Waals surface area contributed by atoms with E-state index in [0.717, 1.165) is 4.88 Å². The molecular formula is C15H16N4O3S2. The van der Waals surface area contributed by atoms with Gasteiger partial charge in [0.25, 0.3) is 5.91 Å². The molecule has 2 fully saturated rings. The Bertz CT molecular complexity index is 738. The summed E-state index contributed by atoms with van der Waals surface area (Å²) in [7, 11) is 0. The lowest BCUT2D eigenvalue weighted by molar-refractivity contribution is -0.158. The first-order chi connectivity index (χ1) is 11.3. The molecule has 0 aliphatic carbocycles. The number of nitrogens with one attached hydrogen (secondary N) is 1. The van der Waals surface area contributed by atoms with E-state index in [4.69, 9.17) is 5.26 Å². The van der Waals surface area contributed by atoms with Gasteiger partial charge >= 0.3 is 5.97 Å². The topological polar surface area (TPSA) is 106 Å². The van der Waals surface area contributed by atoms with E-state index in [1.165, 1.54) is 16.7 Å². The standard InChI is InChI=1S/C15H16N4O3S2/c1-15(2)11(14(21)22)19-12(20)10(13(19)24-15)18-9(17-7-16)6-8-4-3-5-23-8/h3-5,10-11,13H,6H2,1-2H3,(H,17,18)(H,21,22). The van der Waals surface area contributed by atoms with Crippen LogP contribution in [-0.4, -0.2) is 49.9 Å². The summed E-state index contributed by atoms with van der Waals surface area (Å²) >= 11 is 2.99. The first-order valence-corrected chi connectivity index (χ1v) is 9.08. The molecule has 7 nitrogen and oxygen atoms in total. The van der Waals surface area contributed by atoms with Crippen LogP contribution in [0.3, 0.4) is 0 Å². The molecule has 2 N–H and O–H groups in total. The van der Waals surface area contributed by atoms with Crippen LogP contribution >= 0.6 is 23.1 Å². The van der Waals surface area contributed by atoms with E-state index in [-0.39, 0.29) is 11.3 Å². The normalized spacial score (nSPS) is 28.0. The van der Waals surface area contributed by atoms with Crippen LogP contribution in [0.2, 0.25) is 0 Å². The van der Waals surface area contributed by atoms with E-state index in [1.54, 1.807) is 11.3 Å². The molecule has 3 unspecified atom stereocenters. The summed E-state index contributed by atoms with van der Waals surface area (Å²) in [5.41, 5.74) is 0. The zero-order valence-electron chi connectivity index (χ0n) is 13.1. The van der Waals surface area contributed by atoms with Crippen molar-refractivity contribution in [2.75, 3.05) is 0 Å². The zero-order chi connectivity index (χ0) is 17.5. The second-order valence-corrected chi connectivity index (χ2v) is 8.91. The molecule has 1 aromatic heterocycles. The van der Waals surface area contributed by atoms with Crippen molar-refractivity contribution in [3.05, 3.63) is 22.4 Å². The van der Waals surface area contributed by atoms with E-state index in [9.17, 15) is 14.7 Å². The summed E-state index contributed by atoms with van der Waals surface area (Å²) in [6.07, 6.45) is 2.29. The summed E-state index contributed by atoms with van der Waals surface area (Å²) in [6.45, 7) is 3.64. The van der Waals surface area contributed by atoms with Crippen molar-refractivity contribution >= 4 is 40.8 Å². The number of fused-ring (bicyclic) bond motifs is 1. The van der Waals surface area contributed by atoms with Crippen LogP contribution in [0.4, 0.5) is 0 Å². The van der Waals surface area contributed by atoms with Crippen LogP contribution in [0.5, 0.6) is 0 Å². The van der Waals surface area contributed by atoms with Crippen molar-refractivity contribution in [1.29, 1.82) is 5.26 Å². The number of amidine groups is 1. The van der Waals surface area contributed by atoms with Crippen LogP contribution in [0.15, 0.2) is 22.5 Å². The third kappa shape index (κ3) is 2.76. The number of thioether (sulfide) groups is 1. The number of carbonyl (C=O) groups excluding carboxylic acids is 1. The number of carboxylic acid groups (broad SMARTS) is 1. The first kappa shape index (κ1) is 16.8. The van der Waals surface area contributed by atoms with Gasteiger partial charge in [0.1, 0.15) is 17.3 Å². The Morgan fingerprint density at radius 3 is 2.92 bits per heavy atom. The van der Waals surface area contributed by atoms with Gasteiger partial charge in [-0.2, -0.15) is 5.26 Å². The van der Waals surface area contributed by atoms with Crippen LogP contribution in [0, 0.1) is 11.5 Å². The highest BCUT2D eigenvalue weighted by Crippen LogP contribution is 2.51. The molecule has 3 atom stereocenters. The van der Waals surface area contributed by atoms with E-state index < -0.39 is 22.8 Å². The number of carboxylic acids is 1. The van der Waals surface area contributed by atoms with Gasteiger partial charge in [-0.25, -0.2) is 4.79 Å². The van der Waals surface area contributed by atoms with Gasteiger partial charge in [-0.1, -0.05) is 6.07 Å². The van der Waals surface area contributed by atoms with Gasteiger partial charge in [-0.05, 0) is 25.3 Å². The molecule has 1 amide bonds. The van der Waals surface area contributed by atoms with Gasteiger partial charge in [-0.3, -0.25) is 15.1 Å². The maximum Gasteiger partial charge on any atom is 0.327 e. The number of carbonyl (C=O) groups is 2. The van der Waals surface area contributed by atoms with Crippen LogP contribution in [0.25, 0.3) is 0 Å². The predicted octanol–water partition coefficient (Wildman–Crippen LogP) is 1.28. The SMILES string of the molecule is CC1(C)SC2C(N=C(Cc3cccs3)NC#N)C(=O)N2C1C(=O)O. The van der Waals surface area contributed by atoms with Crippen molar-refractivity contribution in [1.82, 2.24) is 10.2 Å². The molecule has 2 aliphatic rings. The minimum Gasteiger partial charge on any atom is -0.480 e. The minimum absolute atomic E-state index is 0.297. The molecule has 2 saturated heterocycles. The Kier molecular flexibility index (Phi) is 4.27. The molecule has 24 heavy (non-hydrogen) atoms. The summed E-state index contributed by atoms with van der Waals surface area (Å²) in [6, 6.07) is 2.35. The highest BCUT2D eigenvalue weighted by Gasteiger charge is 2.64. The Morgan fingerprint density at radius 1 is 1.58 bits per heavy atom. The highest BCUT2D eigenvalue weighted by atomic mass is 32.2. The third-order valence-electron chi connectivity index (χ3n) is 4.06. The minimum atomic E-state index is -1.00. The molecule has 0 bridgehead atoms.